The summed E-state index contributed by atoms with van der Waals surface area (Å²) in [5, 5.41) is 0. The monoisotopic (exact) mass is 150 g/mol. The molecule has 11 heavy (non-hydrogen) atoms. The summed E-state index contributed by atoms with van der Waals surface area (Å²) in [7, 11) is 0. The predicted octanol–water partition coefficient (Wildman–Crippen LogP) is 3.70. The molecular formula is C11H18. The highest BCUT2D eigenvalue weighted by Gasteiger charge is 2.07. The molecule has 0 fully saturated rings. The number of rotatable bonds is 1. The van der Waals surface area contributed by atoms with Crippen LogP contribution in [0.4, 0.5) is 0 Å². The third kappa shape index (κ3) is 2.53. The zero-order valence-corrected chi connectivity index (χ0v) is 7.64. The van der Waals surface area contributed by atoms with Gasteiger partial charge in [-0.15, -0.1) is 0 Å². The summed E-state index contributed by atoms with van der Waals surface area (Å²) in [6, 6.07) is 0. The van der Waals surface area contributed by atoms with Crippen LogP contribution < -0.4 is 0 Å². The van der Waals surface area contributed by atoms with Crippen LogP contribution in [0.25, 0.3) is 0 Å². The fourth-order valence-electron chi connectivity index (χ4n) is 1.60. The minimum Gasteiger partial charge on any atom is -0.0843 e. The van der Waals surface area contributed by atoms with E-state index in [1.807, 2.05) is 0 Å². The van der Waals surface area contributed by atoms with Crippen molar-refractivity contribution >= 4 is 0 Å². The smallest absolute Gasteiger partial charge is 0.0194 e. The van der Waals surface area contributed by atoms with E-state index in [2.05, 4.69) is 32.1 Å². The first kappa shape index (κ1) is 8.58. The molecule has 1 aliphatic carbocycles. The molecule has 0 aliphatic heterocycles. The van der Waals surface area contributed by atoms with Crippen LogP contribution in [0, 0.1) is 5.92 Å². The lowest BCUT2D eigenvalue weighted by atomic mass is 9.97. The van der Waals surface area contributed by atoms with Gasteiger partial charge in [0.25, 0.3) is 0 Å². The van der Waals surface area contributed by atoms with E-state index in [0.29, 0.717) is 0 Å². The third-order valence-corrected chi connectivity index (χ3v) is 2.33. The maximum absolute atomic E-state index is 2.35. The lowest BCUT2D eigenvalue weighted by Crippen LogP contribution is -1.94. The Morgan fingerprint density at radius 1 is 1.64 bits per heavy atom. The van der Waals surface area contributed by atoms with Crippen LogP contribution in [0.1, 0.15) is 39.5 Å². The van der Waals surface area contributed by atoms with Crippen LogP contribution in [0.15, 0.2) is 23.8 Å². The van der Waals surface area contributed by atoms with Crippen molar-refractivity contribution in [1.29, 1.82) is 0 Å². The van der Waals surface area contributed by atoms with Gasteiger partial charge in [0.2, 0.25) is 0 Å². The minimum absolute atomic E-state index is 0.786. The molecule has 0 heterocycles. The largest absolute Gasteiger partial charge is 0.0843 e. The van der Waals surface area contributed by atoms with E-state index in [1.165, 1.54) is 25.7 Å². The van der Waals surface area contributed by atoms with Gasteiger partial charge in [-0.05, 0) is 37.2 Å². The predicted molar refractivity (Wildman–Crippen MR) is 50.5 cm³/mol. The van der Waals surface area contributed by atoms with Crippen molar-refractivity contribution < 1.29 is 0 Å². The third-order valence-electron chi connectivity index (χ3n) is 2.33. The second kappa shape index (κ2) is 4.38. The number of allylic oxidation sites excluding steroid dienone is 4. The zero-order valence-electron chi connectivity index (χ0n) is 7.64. The highest BCUT2D eigenvalue weighted by molar-refractivity contribution is 5.22. The van der Waals surface area contributed by atoms with Gasteiger partial charge in [-0.3, -0.25) is 0 Å². The van der Waals surface area contributed by atoms with Gasteiger partial charge in [0.05, 0.1) is 0 Å². The van der Waals surface area contributed by atoms with Gasteiger partial charge in [-0.1, -0.05) is 32.1 Å². The molecule has 0 saturated heterocycles. The summed E-state index contributed by atoms with van der Waals surface area (Å²) in [5.41, 5.74) is 1.55. The molecule has 0 N–H and O–H groups in total. The Kier molecular flexibility index (Phi) is 3.41. The van der Waals surface area contributed by atoms with Crippen LogP contribution in [0.2, 0.25) is 0 Å². The van der Waals surface area contributed by atoms with Crippen molar-refractivity contribution in [3.63, 3.8) is 0 Å². The first-order chi connectivity index (χ1) is 5.34. The fraction of sp³-hybridized carbons (Fsp3) is 0.636. The second-order valence-electron chi connectivity index (χ2n) is 3.35. The summed E-state index contributed by atoms with van der Waals surface area (Å²) >= 11 is 0. The van der Waals surface area contributed by atoms with Crippen molar-refractivity contribution in [3.05, 3.63) is 23.8 Å². The van der Waals surface area contributed by atoms with Gasteiger partial charge in [0.1, 0.15) is 0 Å². The van der Waals surface area contributed by atoms with Gasteiger partial charge < -0.3 is 0 Å². The minimum atomic E-state index is 0.786. The maximum atomic E-state index is 2.35. The Labute approximate surface area is 70.0 Å². The molecule has 0 spiro atoms. The summed E-state index contributed by atoms with van der Waals surface area (Å²) in [5.74, 6) is 0.786. The molecule has 62 valence electrons. The second-order valence-corrected chi connectivity index (χ2v) is 3.35. The molecule has 1 aliphatic rings. The van der Waals surface area contributed by atoms with E-state index in [0.717, 1.165) is 5.92 Å². The molecule has 0 aromatic carbocycles. The SMILES string of the molecule is CCC=C1C=CCCCC1C. The average Bonchev–Trinajstić information content (AvgIpc) is 2.18. The first-order valence-electron chi connectivity index (χ1n) is 4.71. The zero-order chi connectivity index (χ0) is 8.10. The lowest BCUT2D eigenvalue weighted by Gasteiger charge is -2.09. The van der Waals surface area contributed by atoms with Crippen molar-refractivity contribution in [2.45, 2.75) is 39.5 Å². The van der Waals surface area contributed by atoms with Crippen LogP contribution in [-0.2, 0) is 0 Å². The van der Waals surface area contributed by atoms with E-state index >= 15 is 0 Å². The van der Waals surface area contributed by atoms with Gasteiger partial charge in [0.15, 0.2) is 0 Å². The van der Waals surface area contributed by atoms with E-state index in [4.69, 9.17) is 0 Å². The van der Waals surface area contributed by atoms with Gasteiger partial charge in [0, 0.05) is 0 Å². The van der Waals surface area contributed by atoms with Gasteiger partial charge in [-0.2, -0.15) is 0 Å². The van der Waals surface area contributed by atoms with Crippen LogP contribution in [-0.4, -0.2) is 0 Å². The molecule has 0 bridgehead atoms. The average molecular weight is 150 g/mol. The lowest BCUT2D eigenvalue weighted by molar-refractivity contribution is 0.603. The van der Waals surface area contributed by atoms with E-state index in [-0.39, 0.29) is 0 Å². The molecule has 1 rings (SSSR count). The molecule has 1 unspecified atom stereocenters. The van der Waals surface area contributed by atoms with Crippen LogP contribution >= 0.6 is 0 Å². The summed E-state index contributed by atoms with van der Waals surface area (Å²) < 4.78 is 0. The summed E-state index contributed by atoms with van der Waals surface area (Å²) in [6.45, 7) is 4.54. The normalized spacial score (nSPS) is 28.9. The number of hydrogen-bond donors (Lipinski definition) is 0. The van der Waals surface area contributed by atoms with E-state index < -0.39 is 0 Å². The molecule has 0 amide bonds. The van der Waals surface area contributed by atoms with Gasteiger partial charge >= 0.3 is 0 Å². The van der Waals surface area contributed by atoms with Crippen LogP contribution in [0.5, 0.6) is 0 Å². The van der Waals surface area contributed by atoms with E-state index in [9.17, 15) is 0 Å². The molecule has 0 aromatic rings. The van der Waals surface area contributed by atoms with Crippen molar-refractivity contribution in [3.8, 4) is 0 Å². The fourth-order valence-corrected chi connectivity index (χ4v) is 1.60. The topological polar surface area (TPSA) is 0 Å². The Balaban J connectivity index is 2.65. The Hall–Kier alpha value is -0.520. The summed E-state index contributed by atoms with van der Waals surface area (Å²) in [4.78, 5) is 0. The van der Waals surface area contributed by atoms with Crippen molar-refractivity contribution in [1.82, 2.24) is 0 Å². The van der Waals surface area contributed by atoms with Crippen molar-refractivity contribution in [2.24, 2.45) is 5.92 Å². The molecular weight excluding hydrogens is 132 g/mol. The maximum Gasteiger partial charge on any atom is -0.0194 e. The molecule has 0 nitrogen and oxygen atoms in total. The number of hydrogen-bond acceptors (Lipinski definition) is 0. The van der Waals surface area contributed by atoms with Crippen LogP contribution in [0.3, 0.4) is 0 Å². The molecule has 0 radical (unpaired) electrons. The highest BCUT2D eigenvalue weighted by Crippen LogP contribution is 2.22. The summed E-state index contributed by atoms with van der Waals surface area (Å²) in [6.07, 6.45) is 12.1. The molecule has 0 heteroatoms. The molecule has 1 atom stereocenters. The Morgan fingerprint density at radius 2 is 2.45 bits per heavy atom. The Morgan fingerprint density at radius 3 is 3.18 bits per heavy atom. The molecule has 0 aromatic heterocycles. The Bertz CT molecular complexity index is 163. The van der Waals surface area contributed by atoms with E-state index in [1.54, 1.807) is 5.57 Å². The van der Waals surface area contributed by atoms with Crippen molar-refractivity contribution in [2.75, 3.05) is 0 Å². The first-order valence-corrected chi connectivity index (χ1v) is 4.71. The standard InChI is InChI=1S/C11H18/c1-3-7-11-9-6-4-5-8-10(11)2/h6-7,9-10H,3-5,8H2,1-2H3. The van der Waals surface area contributed by atoms with Gasteiger partial charge in [-0.25, -0.2) is 0 Å². The quantitative estimate of drug-likeness (QED) is 0.534. The highest BCUT2D eigenvalue weighted by atomic mass is 14.1. The molecule has 0 saturated carbocycles.